The topological polar surface area (TPSA) is 60.9 Å². The van der Waals surface area contributed by atoms with E-state index in [1.807, 2.05) is 7.05 Å². The average Bonchev–Trinajstić information content (AvgIpc) is 2.69. The van der Waals surface area contributed by atoms with Gasteiger partial charge in [-0.25, -0.2) is 8.42 Å². The monoisotopic (exact) mass is 441 g/mol. The number of benzene rings is 2. The largest absolute Gasteiger partial charge is 0.339 e. The van der Waals surface area contributed by atoms with Gasteiger partial charge in [-0.2, -0.15) is 0 Å². The molecule has 1 amide bonds. The maximum Gasteiger partial charge on any atom is 0.264 e. The summed E-state index contributed by atoms with van der Waals surface area (Å²) in [4.78, 5) is 16.8. The number of anilines is 1. The van der Waals surface area contributed by atoms with E-state index in [0.717, 1.165) is 17.4 Å². The normalized spacial score (nSPS) is 15.5. The van der Waals surface area contributed by atoms with E-state index in [2.05, 4.69) is 4.90 Å². The Bertz CT molecular complexity index is 946. The number of amides is 1. The van der Waals surface area contributed by atoms with Crippen molar-refractivity contribution in [2.45, 2.75) is 4.90 Å². The average molecular weight is 442 g/mol. The molecule has 0 spiro atoms. The van der Waals surface area contributed by atoms with E-state index in [-0.39, 0.29) is 28.1 Å². The second-order valence-corrected chi connectivity index (χ2v) is 9.31. The van der Waals surface area contributed by atoms with Crippen molar-refractivity contribution in [3.8, 4) is 0 Å². The minimum absolute atomic E-state index is 0.0808. The molecule has 0 saturated carbocycles. The first-order valence-electron chi connectivity index (χ1n) is 8.78. The quantitative estimate of drug-likeness (QED) is 0.715. The fraction of sp³-hybridized carbons (Fsp3) is 0.316. The molecule has 0 aliphatic carbocycles. The van der Waals surface area contributed by atoms with Crippen LogP contribution in [0.5, 0.6) is 0 Å². The lowest BCUT2D eigenvalue weighted by molar-refractivity contribution is -0.131. The molecule has 0 radical (unpaired) electrons. The highest BCUT2D eigenvalue weighted by Gasteiger charge is 2.31. The van der Waals surface area contributed by atoms with Gasteiger partial charge in [0, 0.05) is 31.2 Å². The minimum Gasteiger partial charge on any atom is -0.339 e. The summed E-state index contributed by atoms with van der Waals surface area (Å²) in [5.74, 6) is -0.274. The van der Waals surface area contributed by atoms with E-state index in [9.17, 15) is 13.2 Å². The molecule has 0 aromatic heterocycles. The lowest BCUT2D eigenvalue weighted by atomic mass is 10.3. The van der Waals surface area contributed by atoms with Crippen LogP contribution in [0.25, 0.3) is 0 Å². The molecule has 28 heavy (non-hydrogen) atoms. The molecular formula is C19H21Cl2N3O3S. The van der Waals surface area contributed by atoms with Crippen LogP contribution in [0.3, 0.4) is 0 Å². The standard InChI is InChI=1S/C19H21Cl2N3O3S/c1-22-9-11-23(12-10-22)19(25)14-24(18-13-15(20)7-8-17(18)21)28(26,27)16-5-3-2-4-6-16/h2-8,13H,9-12,14H2,1H3. The van der Waals surface area contributed by atoms with Crippen LogP contribution >= 0.6 is 23.2 Å². The van der Waals surface area contributed by atoms with Crippen molar-refractivity contribution in [3.63, 3.8) is 0 Å². The summed E-state index contributed by atoms with van der Waals surface area (Å²) in [7, 11) is -2.02. The van der Waals surface area contributed by atoms with E-state index < -0.39 is 10.0 Å². The molecule has 0 atom stereocenters. The molecule has 0 N–H and O–H groups in total. The van der Waals surface area contributed by atoms with Crippen molar-refractivity contribution in [2.24, 2.45) is 0 Å². The van der Waals surface area contributed by atoms with Crippen molar-refractivity contribution in [3.05, 3.63) is 58.6 Å². The van der Waals surface area contributed by atoms with Crippen LogP contribution in [-0.2, 0) is 14.8 Å². The van der Waals surface area contributed by atoms with Crippen LogP contribution < -0.4 is 4.31 Å². The third-order valence-corrected chi connectivity index (χ3v) is 6.97. The zero-order chi connectivity index (χ0) is 20.3. The molecule has 1 aliphatic rings. The molecule has 1 heterocycles. The summed E-state index contributed by atoms with van der Waals surface area (Å²) >= 11 is 12.4. The Kier molecular flexibility index (Phi) is 6.50. The van der Waals surface area contributed by atoms with E-state index in [0.29, 0.717) is 18.1 Å². The predicted octanol–water partition coefficient (Wildman–Crippen LogP) is 2.96. The second-order valence-electron chi connectivity index (χ2n) is 6.60. The van der Waals surface area contributed by atoms with Crippen molar-refractivity contribution in [2.75, 3.05) is 44.1 Å². The Labute approximate surface area is 175 Å². The second kappa shape index (κ2) is 8.69. The Morgan fingerprint density at radius 1 is 1.04 bits per heavy atom. The summed E-state index contributed by atoms with van der Waals surface area (Å²) < 4.78 is 27.7. The first kappa shape index (κ1) is 20.9. The van der Waals surface area contributed by atoms with Gasteiger partial charge in [0.2, 0.25) is 5.91 Å². The summed E-state index contributed by atoms with van der Waals surface area (Å²) in [6, 6.07) is 12.5. The highest BCUT2D eigenvalue weighted by atomic mass is 35.5. The zero-order valence-corrected chi connectivity index (χ0v) is 17.7. The predicted molar refractivity (Wildman–Crippen MR) is 112 cm³/mol. The van der Waals surface area contributed by atoms with Crippen molar-refractivity contribution in [1.82, 2.24) is 9.80 Å². The maximum atomic E-state index is 13.3. The number of sulfonamides is 1. The molecule has 6 nitrogen and oxygen atoms in total. The number of rotatable bonds is 5. The molecule has 1 fully saturated rings. The molecular weight excluding hydrogens is 421 g/mol. The number of carbonyl (C=O) groups excluding carboxylic acids is 1. The number of carbonyl (C=O) groups is 1. The van der Waals surface area contributed by atoms with Gasteiger partial charge in [0.25, 0.3) is 10.0 Å². The zero-order valence-electron chi connectivity index (χ0n) is 15.4. The van der Waals surface area contributed by atoms with Gasteiger partial charge < -0.3 is 9.80 Å². The smallest absolute Gasteiger partial charge is 0.264 e. The van der Waals surface area contributed by atoms with Gasteiger partial charge >= 0.3 is 0 Å². The van der Waals surface area contributed by atoms with Crippen molar-refractivity contribution >= 4 is 44.8 Å². The van der Waals surface area contributed by atoms with Crippen LogP contribution in [0.4, 0.5) is 5.69 Å². The molecule has 2 aromatic rings. The maximum absolute atomic E-state index is 13.3. The van der Waals surface area contributed by atoms with E-state index in [4.69, 9.17) is 23.2 Å². The lowest BCUT2D eigenvalue weighted by Gasteiger charge is -2.34. The van der Waals surface area contributed by atoms with Crippen LogP contribution in [0.2, 0.25) is 10.0 Å². The van der Waals surface area contributed by atoms with Crippen molar-refractivity contribution in [1.29, 1.82) is 0 Å². The first-order valence-corrected chi connectivity index (χ1v) is 11.0. The third kappa shape index (κ3) is 4.60. The van der Waals surface area contributed by atoms with Gasteiger partial charge in [0.05, 0.1) is 15.6 Å². The third-order valence-electron chi connectivity index (χ3n) is 4.64. The molecule has 150 valence electrons. The van der Waals surface area contributed by atoms with Crippen molar-refractivity contribution < 1.29 is 13.2 Å². The van der Waals surface area contributed by atoms with Gasteiger partial charge in [0.15, 0.2) is 0 Å². The molecule has 2 aromatic carbocycles. The lowest BCUT2D eigenvalue weighted by Crippen LogP contribution is -2.50. The number of hydrogen-bond acceptors (Lipinski definition) is 4. The fourth-order valence-electron chi connectivity index (χ4n) is 2.97. The number of likely N-dealkylation sites (N-methyl/N-ethyl adjacent to an activating group) is 1. The van der Waals surface area contributed by atoms with Crippen LogP contribution in [0, 0.1) is 0 Å². The van der Waals surface area contributed by atoms with E-state index in [1.54, 1.807) is 29.2 Å². The van der Waals surface area contributed by atoms with Gasteiger partial charge in [0.1, 0.15) is 6.54 Å². The summed E-state index contributed by atoms with van der Waals surface area (Å²) in [6.07, 6.45) is 0. The Morgan fingerprint density at radius 3 is 2.32 bits per heavy atom. The number of piperazine rings is 1. The SMILES string of the molecule is CN1CCN(C(=O)CN(c2cc(Cl)ccc2Cl)S(=O)(=O)c2ccccc2)CC1. The fourth-order valence-corrected chi connectivity index (χ4v) is 4.86. The van der Waals surface area contributed by atoms with Gasteiger partial charge in [-0.15, -0.1) is 0 Å². The number of halogens is 2. The summed E-state index contributed by atoms with van der Waals surface area (Å²) in [6.45, 7) is 2.25. The molecule has 1 aliphatic heterocycles. The molecule has 0 unspecified atom stereocenters. The molecule has 0 bridgehead atoms. The first-order chi connectivity index (χ1) is 13.3. The highest BCUT2D eigenvalue weighted by molar-refractivity contribution is 7.92. The Morgan fingerprint density at radius 2 is 1.68 bits per heavy atom. The number of hydrogen-bond donors (Lipinski definition) is 0. The summed E-state index contributed by atoms with van der Waals surface area (Å²) in [5, 5.41) is 0.537. The summed E-state index contributed by atoms with van der Waals surface area (Å²) in [5.41, 5.74) is 0.181. The Hall–Kier alpha value is -1.80. The van der Waals surface area contributed by atoms with E-state index >= 15 is 0 Å². The Balaban J connectivity index is 1.98. The van der Waals surface area contributed by atoms with Gasteiger partial charge in [-0.05, 0) is 37.4 Å². The van der Waals surface area contributed by atoms with Gasteiger partial charge in [-0.3, -0.25) is 9.10 Å². The molecule has 9 heteroatoms. The number of nitrogens with zero attached hydrogens (tertiary/aromatic N) is 3. The van der Waals surface area contributed by atoms with Crippen LogP contribution in [0.1, 0.15) is 0 Å². The van der Waals surface area contributed by atoms with Gasteiger partial charge in [-0.1, -0.05) is 41.4 Å². The van der Waals surface area contributed by atoms with E-state index in [1.165, 1.54) is 24.3 Å². The highest BCUT2D eigenvalue weighted by Crippen LogP contribution is 2.33. The molecule has 1 saturated heterocycles. The molecule has 3 rings (SSSR count). The van der Waals surface area contributed by atoms with Crippen LogP contribution in [-0.4, -0.2) is 63.9 Å². The van der Waals surface area contributed by atoms with Crippen LogP contribution in [0.15, 0.2) is 53.4 Å². The minimum atomic E-state index is -4.01.